The summed E-state index contributed by atoms with van der Waals surface area (Å²) in [6.07, 6.45) is 3.08. The van der Waals surface area contributed by atoms with E-state index in [0.29, 0.717) is 35.8 Å². The first-order chi connectivity index (χ1) is 13.6. The first-order valence-corrected chi connectivity index (χ1v) is 9.50. The number of halogens is 2. The van der Waals surface area contributed by atoms with Crippen molar-refractivity contribution < 1.29 is 14.1 Å². The Balaban J connectivity index is 1.36. The average Bonchev–Trinajstić information content (AvgIpc) is 3.26. The van der Waals surface area contributed by atoms with Crippen LogP contribution in [0.4, 0.5) is 4.39 Å². The molecule has 4 rings (SSSR count). The number of nitrogens with zero attached hydrogens (tertiary/aromatic N) is 4. The Morgan fingerprint density at radius 2 is 1.89 bits per heavy atom. The monoisotopic (exact) mass is 400 g/mol. The largest absolute Gasteiger partial charge is 0.328 e. The summed E-state index contributed by atoms with van der Waals surface area (Å²) in [5.74, 6) is -0.265. The fraction of sp³-hybridized carbons (Fsp3) is 0.250. The van der Waals surface area contributed by atoms with Crippen LogP contribution in [-0.4, -0.2) is 51.8 Å². The number of amides is 1. The van der Waals surface area contributed by atoms with Gasteiger partial charge >= 0.3 is 0 Å². The van der Waals surface area contributed by atoms with Crippen LogP contribution < -0.4 is 4.90 Å². The molecule has 6 nitrogen and oxygen atoms in total. The highest BCUT2D eigenvalue weighted by atomic mass is 35.5. The molecule has 0 aliphatic carbocycles. The van der Waals surface area contributed by atoms with Crippen LogP contribution in [0, 0.1) is 5.82 Å². The summed E-state index contributed by atoms with van der Waals surface area (Å²) in [7, 11) is 0. The molecule has 1 amide bonds. The molecule has 0 saturated carbocycles. The van der Waals surface area contributed by atoms with Gasteiger partial charge in [0.1, 0.15) is 25.0 Å². The summed E-state index contributed by atoms with van der Waals surface area (Å²) in [5, 5.41) is 4.53. The zero-order valence-electron chi connectivity index (χ0n) is 15.2. The Labute approximate surface area is 167 Å². The lowest BCUT2D eigenvalue weighted by Gasteiger charge is -2.32. The van der Waals surface area contributed by atoms with Gasteiger partial charge in [0.2, 0.25) is 0 Å². The van der Waals surface area contributed by atoms with Gasteiger partial charge in [-0.05, 0) is 36.4 Å². The quantitative estimate of drug-likeness (QED) is 0.723. The van der Waals surface area contributed by atoms with Crippen molar-refractivity contribution in [3.05, 3.63) is 77.1 Å². The topological polar surface area (TPSA) is 55.5 Å². The Hall–Kier alpha value is -2.77. The van der Waals surface area contributed by atoms with Crippen molar-refractivity contribution in [2.45, 2.75) is 6.54 Å². The molecule has 1 aromatic heterocycles. The second-order valence-electron chi connectivity index (χ2n) is 6.81. The Kier molecular flexibility index (Phi) is 5.36. The van der Waals surface area contributed by atoms with Gasteiger partial charge in [-0.15, -0.1) is 0 Å². The van der Waals surface area contributed by atoms with Gasteiger partial charge in [0.25, 0.3) is 5.91 Å². The third-order valence-corrected chi connectivity index (χ3v) is 5.40. The first kappa shape index (κ1) is 18.6. The molecule has 0 unspecified atom stereocenters. The molecule has 3 aromatic rings. The molecular weight excluding hydrogens is 381 g/mol. The molecular formula is C20H20ClFN5O+. The number of hydrogen-bond acceptors (Lipinski definition) is 3. The molecule has 1 saturated heterocycles. The summed E-state index contributed by atoms with van der Waals surface area (Å²) < 4.78 is 15.6. The van der Waals surface area contributed by atoms with E-state index in [-0.39, 0.29) is 11.7 Å². The fourth-order valence-electron chi connectivity index (χ4n) is 3.43. The van der Waals surface area contributed by atoms with E-state index < -0.39 is 0 Å². The summed E-state index contributed by atoms with van der Waals surface area (Å²) in [6, 6.07) is 12.1. The van der Waals surface area contributed by atoms with Crippen LogP contribution in [0.3, 0.4) is 0 Å². The molecule has 2 aromatic carbocycles. The van der Waals surface area contributed by atoms with E-state index in [1.54, 1.807) is 35.3 Å². The van der Waals surface area contributed by atoms with Crippen LogP contribution in [0.1, 0.15) is 15.9 Å². The Morgan fingerprint density at radius 1 is 1.14 bits per heavy atom. The molecule has 0 atom stereocenters. The van der Waals surface area contributed by atoms with Crippen LogP contribution in [-0.2, 0) is 6.54 Å². The minimum atomic E-state index is -0.272. The lowest BCUT2D eigenvalue weighted by Crippen LogP contribution is -3.13. The van der Waals surface area contributed by atoms with Crippen LogP contribution in [0.5, 0.6) is 0 Å². The van der Waals surface area contributed by atoms with Crippen molar-refractivity contribution in [2.24, 2.45) is 0 Å². The molecule has 2 heterocycles. The average molecular weight is 401 g/mol. The number of benzene rings is 2. The third-order valence-electron chi connectivity index (χ3n) is 5.04. The van der Waals surface area contributed by atoms with Crippen LogP contribution in [0.15, 0.2) is 55.1 Å². The van der Waals surface area contributed by atoms with Crippen molar-refractivity contribution in [3.8, 4) is 5.69 Å². The highest BCUT2D eigenvalue weighted by molar-refractivity contribution is 6.31. The summed E-state index contributed by atoms with van der Waals surface area (Å²) in [4.78, 5) is 19.8. The van der Waals surface area contributed by atoms with Crippen molar-refractivity contribution >= 4 is 17.5 Å². The van der Waals surface area contributed by atoms with Gasteiger partial charge in [-0.2, -0.15) is 5.10 Å². The molecule has 28 heavy (non-hydrogen) atoms. The van der Waals surface area contributed by atoms with E-state index in [9.17, 15) is 9.18 Å². The predicted molar refractivity (Wildman–Crippen MR) is 103 cm³/mol. The first-order valence-electron chi connectivity index (χ1n) is 9.12. The van der Waals surface area contributed by atoms with Gasteiger partial charge in [-0.1, -0.05) is 17.7 Å². The van der Waals surface area contributed by atoms with E-state index in [2.05, 4.69) is 10.1 Å². The van der Waals surface area contributed by atoms with Crippen molar-refractivity contribution in [1.82, 2.24) is 19.7 Å². The van der Waals surface area contributed by atoms with Gasteiger partial charge in [0.05, 0.1) is 42.5 Å². The molecule has 1 N–H and O–H groups in total. The Bertz CT molecular complexity index is 933. The minimum Gasteiger partial charge on any atom is -0.328 e. The zero-order chi connectivity index (χ0) is 19.5. The summed E-state index contributed by atoms with van der Waals surface area (Å²) >= 11 is 6.13. The van der Waals surface area contributed by atoms with Gasteiger partial charge in [-0.25, -0.2) is 14.1 Å². The standard InChI is InChI=1S/C20H19ClFN5O/c21-18-2-1-3-19(22)17(18)12-25-8-10-26(11-9-25)20(28)15-4-6-16(7-5-15)27-14-23-13-24-27/h1-7,13-14H,8-12H2/p+1. The number of rotatable bonds is 4. The molecule has 1 fully saturated rings. The molecule has 0 bridgehead atoms. The molecule has 1 aliphatic heterocycles. The van der Waals surface area contributed by atoms with Crippen molar-refractivity contribution in [3.63, 3.8) is 0 Å². The van der Waals surface area contributed by atoms with Gasteiger partial charge < -0.3 is 9.80 Å². The lowest BCUT2D eigenvalue weighted by atomic mass is 10.1. The maximum atomic E-state index is 14.0. The normalized spacial score (nSPS) is 15.0. The number of aromatic nitrogens is 3. The molecule has 144 valence electrons. The van der Waals surface area contributed by atoms with E-state index in [1.165, 1.54) is 17.3 Å². The highest BCUT2D eigenvalue weighted by Crippen LogP contribution is 2.18. The number of nitrogens with one attached hydrogen (secondary N) is 1. The number of carbonyl (C=O) groups excluding carboxylic acids is 1. The smallest absolute Gasteiger partial charge is 0.254 e. The van der Waals surface area contributed by atoms with E-state index in [0.717, 1.165) is 18.8 Å². The van der Waals surface area contributed by atoms with E-state index >= 15 is 0 Å². The molecule has 1 aliphatic rings. The highest BCUT2D eigenvalue weighted by Gasteiger charge is 2.25. The third kappa shape index (κ3) is 3.90. The van der Waals surface area contributed by atoms with Gasteiger partial charge in [0, 0.05) is 5.56 Å². The maximum absolute atomic E-state index is 14.0. The van der Waals surface area contributed by atoms with Crippen LogP contribution >= 0.6 is 11.6 Å². The summed E-state index contributed by atoms with van der Waals surface area (Å²) in [5.41, 5.74) is 2.04. The number of piperazine rings is 1. The van der Waals surface area contributed by atoms with Crippen molar-refractivity contribution in [1.29, 1.82) is 0 Å². The number of quaternary nitrogens is 1. The lowest BCUT2D eigenvalue weighted by molar-refractivity contribution is -0.917. The molecule has 0 radical (unpaired) electrons. The Morgan fingerprint density at radius 3 is 2.54 bits per heavy atom. The second-order valence-corrected chi connectivity index (χ2v) is 7.21. The summed E-state index contributed by atoms with van der Waals surface area (Å²) in [6.45, 7) is 3.30. The number of hydrogen-bond donors (Lipinski definition) is 1. The van der Waals surface area contributed by atoms with E-state index in [4.69, 9.17) is 11.6 Å². The van der Waals surface area contributed by atoms with E-state index in [1.807, 2.05) is 17.0 Å². The van der Waals surface area contributed by atoms with Gasteiger partial charge in [-0.3, -0.25) is 4.79 Å². The fourth-order valence-corrected chi connectivity index (χ4v) is 3.66. The minimum absolute atomic E-state index is 0.00751. The maximum Gasteiger partial charge on any atom is 0.254 e. The number of carbonyl (C=O) groups is 1. The van der Waals surface area contributed by atoms with Gasteiger partial charge in [0.15, 0.2) is 0 Å². The zero-order valence-corrected chi connectivity index (χ0v) is 15.9. The molecule has 0 spiro atoms. The molecule has 8 heteroatoms. The second kappa shape index (κ2) is 8.08. The SMILES string of the molecule is O=C(c1ccc(-n2cncn2)cc1)N1CC[NH+](Cc2c(F)cccc2Cl)CC1. The van der Waals surface area contributed by atoms with Crippen LogP contribution in [0.2, 0.25) is 5.02 Å². The van der Waals surface area contributed by atoms with Crippen LogP contribution in [0.25, 0.3) is 5.69 Å². The van der Waals surface area contributed by atoms with Crippen molar-refractivity contribution in [2.75, 3.05) is 26.2 Å². The predicted octanol–water partition coefficient (Wildman–Crippen LogP) is 1.60.